The molecule has 1 amide bonds. The van der Waals surface area contributed by atoms with Gasteiger partial charge in [-0.15, -0.1) is 0 Å². The molecule has 0 bridgehead atoms. The molecule has 1 fully saturated rings. The molecule has 0 spiro atoms. The maximum atomic E-state index is 13.0. The van der Waals surface area contributed by atoms with E-state index in [4.69, 9.17) is 0 Å². The van der Waals surface area contributed by atoms with Gasteiger partial charge in [0.1, 0.15) is 5.69 Å². The van der Waals surface area contributed by atoms with E-state index in [1.54, 1.807) is 7.05 Å². The predicted molar refractivity (Wildman–Crippen MR) is 111 cm³/mol. The van der Waals surface area contributed by atoms with Crippen LogP contribution in [0.5, 0.6) is 0 Å². The molecule has 1 aliphatic heterocycles. The van der Waals surface area contributed by atoms with E-state index in [0.29, 0.717) is 19.4 Å². The van der Waals surface area contributed by atoms with E-state index < -0.39 is 14.9 Å². The number of hydrogen-bond donors (Lipinski definition) is 1. The van der Waals surface area contributed by atoms with E-state index in [9.17, 15) is 23.3 Å². The summed E-state index contributed by atoms with van der Waals surface area (Å²) in [5, 5.41) is 13.9. The largest absolute Gasteiger partial charge is 0.383 e. The summed E-state index contributed by atoms with van der Waals surface area (Å²) in [4.78, 5) is 25.1. The number of piperidine rings is 1. The van der Waals surface area contributed by atoms with Gasteiger partial charge in [-0.25, -0.2) is 8.42 Å². The lowest BCUT2D eigenvalue weighted by molar-refractivity contribution is -0.384. The van der Waals surface area contributed by atoms with Gasteiger partial charge in [-0.05, 0) is 38.3 Å². The molecule has 0 aliphatic carbocycles. The highest BCUT2D eigenvalue weighted by atomic mass is 32.2. The van der Waals surface area contributed by atoms with Crippen LogP contribution in [0.4, 0.5) is 11.4 Å². The lowest BCUT2D eigenvalue weighted by Crippen LogP contribution is -2.44. The lowest BCUT2D eigenvalue weighted by Gasteiger charge is -2.33. The molecule has 1 aromatic carbocycles. The number of rotatable bonds is 9. The number of benzene rings is 1. The van der Waals surface area contributed by atoms with Crippen LogP contribution in [-0.2, 0) is 14.8 Å². The molecule has 0 aromatic heterocycles. The number of anilines is 1. The number of sulfonamides is 1. The monoisotopic (exact) mass is 426 g/mol. The average molecular weight is 427 g/mol. The van der Waals surface area contributed by atoms with E-state index in [1.807, 2.05) is 11.8 Å². The van der Waals surface area contributed by atoms with Gasteiger partial charge < -0.3 is 10.2 Å². The van der Waals surface area contributed by atoms with Crippen LogP contribution in [0.2, 0.25) is 0 Å². The van der Waals surface area contributed by atoms with Crippen molar-refractivity contribution < 1.29 is 18.1 Å². The van der Waals surface area contributed by atoms with Crippen LogP contribution >= 0.6 is 0 Å². The molecular weight excluding hydrogens is 396 g/mol. The third-order valence-corrected chi connectivity index (χ3v) is 7.25. The zero-order valence-corrected chi connectivity index (χ0v) is 18.1. The van der Waals surface area contributed by atoms with Crippen LogP contribution in [0.15, 0.2) is 23.1 Å². The van der Waals surface area contributed by atoms with Crippen molar-refractivity contribution in [2.75, 3.05) is 38.5 Å². The number of hydrogen-bond acceptors (Lipinski definition) is 6. The Labute approximate surface area is 172 Å². The van der Waals surface area contributed by atoms with Crippen molar-refractivity contribution in [2.45, 2.75) is 44.4 Å². The smallest absolute Gasteiger partial charge is 0.293 e. The summed E-state index contributed by atoms with van der Waals surface area (Å²) in [5.74, 6) is -0.0914. The van der Waals surface area contributed by atoms with Gasteiger partial charge in [0.2, 0.25) is 15.9 Å². The highest BCUT2D eigenvalue weighted by molar-refractivity contribution is 7.89. The summed E-state index contributed by atoms with van der Waals surface area (Å²) < 4.78 is 27.2. The van der Waals surface area contributed by atoms with E-state index in [-0.39, 0.29) is 41.2 Å². The molecular formula is C19H30N4O5S. The molecule has 0 unspecified atom stereocenters. The van der Waals surface area contributed by atoms with Gasteiger partial charge in [0.25, 0.3) is 5.69 Å². The van der Waals surface area contributed by atoms with Gasteiger partial charge in [0.05, 0.1) is 9.82 Å². The van der Waals surface area contributed by atoms with Crippen molar-refractivity contribution in [1.82, 2.24) is 9.21 Å². The number of nitro benzene ring substituents is 1. The van der Waals surface area contributed by atoms with Gasteiger partial charge in [-0.3, -0.25) is 14.9 Å². The Balaban J connectivity index is 2.11. The zero-order chi connectivity index (χ0) is 21.6. The van der Waals surface area contributed by atoms with Crippen molar-refractivity contribution in [3.63, 3.8) is 0 Å². The van der Waals surface area contributed by atoms with E-state index in [2.05, 4.69) is 12.2 Å². The van der Waals surface area contributed by atoms with Gasteiger partial charge in [0.15, 0.2) is 0 Å². The highest BCUT2D eigenvalue weighted by Gasteiger charge is 2.34. The molecule has 0 saturated carbocycles. The first-order chi connectivity index (χ1) is 13.8. The van der Waals surface area contributed by atoms with Crippen LogP contribution in [-0.4, -0.2) is 61.7 Å². The van der Waals surface area contributed by atoms with Gasteiger partial charge in [-0.2, -0.15) is 4.31 Å². The minimum atomic E-state index is -3.86. The summed E-state index contributed by atoms with van der Waals surface area (Å²) in [6.07, 6.45) is 2.88. The van der Waals surface area contributed by atoms with Crippen LogP contribution in [0.3, 0.4) is 0 Å². The highest BCUT2D eigenvalue weighted by Crippen LogP contribution is 2.30. The Morgan fingerprint density at radius 2 is 1.97 bits per heavy atom. The van der Waals surface area contributed by atoms with Crippen LogP contribution in [0, 0.1) is 16.0 Å². The topological polar surface area (TPSA) is 113 Å². The molecule has 1 heterocycles. The fourth-order valence-corrected chi connectivity index (χ4v) is 5.05. The summed E-state index contributed by atoms with van der Waals surface area (Å²) >= 11 is 0. The second-order valence-corrected chi connectivity index (χ2v) is 9.07. The second kappa shape index (κ2) is 10.0. The van der Waals surface area contributed by atoms with Crippen molar-refractivity contribution in [3.05, 3.63) is 28.3 Å². The van der Waals surface area contributed by atoms with Crippen LogP contribution in [0.1, 0.15) is 39.5 Å². The first kappa shape index (κ1) is 23.1. The van der Waals surface area contributed by atoms with Gasteiger partial charge in [0, 0.05) is 45.2 Å². The predicted octanol–water partition coefficient (Wildman–Crippen LogP) is 2.69. The van der Waals surface area contributed by atoms with Gasteiger partial charge in [-0.1, -0.05) is 13.3 Å². The standard InChI is InChI=1S/C19H30N4O5S/c1-4-6-11-21(5-2)19(24)15-9-12-22(13-10-15)29(27,28)16-7-8-17(20-3)18(14-16)23(25)26/h7-8,14-15,20H,4-6,9-13H2,1-3H3. The maximum Gasteiger partial charge on any atom is 0.293 e. The molecule has 1 aromatic rings. The summed E-state index contributed by atoms with van der Waals surface area (Å²) in [7, 11) is -2.32. The Bertz CT molecular complexity index is 835. The van der Waals surface area contributed by atoms with E-state index >= 15 is 0 Å². The SMILES string of the molecule is CCCCN(CC)C(=O)C1CCN(S(=O)(=O)c2ccc(NC)c([N+](=O)[O-])c2)CC1. The number of carbonyl (C=O) groups excluding carboxylic acids is 1. The Kier molecular flexibility index (Phi) is 7.97. The van der Waals surface area contributed by atoms with Gasteiger partial charge >= 0.3 is 0 Å². The first-order valence-corrected chi connectivity index (χ1v) is 11.4. The number of nitrogens with zero attached hydrogens (tertiary/aromatic N) is 3. The van der Waals surface area contributed by atoms with Crippen molar-refractivity contribution >= 4 is 27.3 Å². The molecule has 0 radical (unpaired) electrons. The number of nitro groups is 1. The lowest BCUT2D eigenvalue weighted by atomic mass is 9.96. The second-order valence-electron chi connectivity index (χ2n) is 7.14. The quantitative estimate of drug-likeness (QED) is 0.480. The Morgan fingerprint density at radius 3 is 2.48 bits per heavy atom. The molecule has 162 valence electrons. The molecule has 29 heavy (non-hydrogen) atoms. The van der Waals surface area contributed by atoms with Crippen molar-refractivity contribution in [3.8, 4) is 0 Å². The van der Waals surface area contributed by atoms with Crippen molar-refractivity contribution in [2.24, 2.45) is 5.92 Å². The molecule has 1 aliphatic rings. The summed E-state index contributed by atoms with van der Waals surface area (Å²) in [6, 6.07) is 3.85. The number of carbonyl (C=O) groups is 1. The van der Waals surface area contributed by atoms with E-state index in [0.717, 1.165) is 25.5 Å². The maximum absolute atomic E-state index is 13.0. The summed E-state index contributed by atoms with van der Waals surface area (Å²) in [6.45, 7) is 5.87. The van der Waals surface area contributed by atoms with Crippen LogP contribution in [0.25, 0.3) is 0 Å². The molecule has 2 rings (SSSR count). The minimum Gasteiger partial charge on any atom is -0.383 e. The molecule has 0 atom stereocenters. The zero-order valence-electron chi connectivity index (χ0n) is 17.3. The first-order valence-electron chi connectivity index (χ1n) is 10.0. The fraction of sp³-hybridized carbons (Fsp3) is 0.632. The third-order valence-electron chi connectivity index (χ3n) is 5.35. The molecule has 9 nitrogen and oxygen atoms in total. The molecule has 10 heteroatoms. The normalized spacial score (nSPS) is 15.8. The Hall–Kier alpha value is -2.20. The average Bonchev–Trinajstić information content (AvgIpc) is 2.73. The molecule has 1 saturated heterocycles. The van der Waals surface area contributed by atoms with Crippen LogP contribution < -0.4 is 5.32 Å². The summed E-state index contributed by atoms with van der Waals surface area (Å²) in [5.41, 5.74) is -0.0295. The number of amides is 1. The Morgan fingerprint density at radius 1 is 1.31 bits per heavy atom. The number of nitrogens with one attached hydrogen (secondary N) is 1. The third kappa shape index (κ3) is 5.24. The fourth-order valence-electron chi connectivity index (χ4n) is 3.56. The minimum absolute atomic E-state index is 0.0898. The molecule has 1 N–H and O–H groups in total. The van der Waals surface area contributed by atoms with Crippen molar-refractivity contribution in [1.29, 1.82) is 0 Å². The number of unbranched alkanes of at least 4 members (excludes halogenated alkanes) is 1. The van der Waals surface area contributed by atoms with E-state index in [1.165, 1.54) is 16.4 Å².